The van der Waals surface area contributed by atoms with E-state index in [2.05, 4.69) is 38.1 Å². The van der Waals surface area contributed by atoms with Gasteiger partial charge in [0.1, 0.15) is 0 Å². The monoisotopic (exact) mass is 279 g/mol. The first-order chi connectivity index (χ1) is 10.1. The van der Waals surface area contributed by atoms with Crippen molar-refractivity contribution in [1.82, 2.24) is 0 Å². The Morgan fingerprint density at radius 2 is 1.71 bits per heavy atom. The van der Waals surface area contributed by atoms with Crippen molar-refractivity contribution in [1.29, 1.82) is 0 Å². The van der Waals surface area contributed by atoms with E-state index in [1.807, 2.05) is 35.2 Å². The summed E-state index contributed by atoms with van der Waals surface area (Å²) in [5.74, 6) is 0.216. The van der Waals surface area contributed by atoms with E-state index in [-0.39, 0.29) is 11.4 Å². The van der Waals surface area contributed by atoms with Crippen LogP contribution >= 0.6 is 0 Å². The van der Waals surface area contributed by atoms with Gasteiger partial charge in [-0.05, 0) is 43.9 Å². The summed E-state index contributed by atoms with van der Waals surface area (Å²) in [5.41, 5.74) is 3.45. The predicted molar refractivity (Wildman–Crippen MR) is 86.5 cm³/mol. The van der Waals surface area contributed by atoms with Gasteiger partial charge in [-0.1, -0.05) is 48.5 Å². The van der Waals surface area contributed by atoms with Gasteiger partial charge >= 0.3 is 0 Å². The van der Waals surface area contributed by atoms with E-state index in [1.54, 1.807) is 0 Å². The highest BCUT2D eigenvalue weighted by Gasteiger charge is 2.39. The second kappa shape index (κ2) is 5.36. The molecule has 1 heterocycles. The van der Waals surface area contributed by atoms with Crippen molar-refractivity contribution in [2.45, 2.75) is 38.6 Å². The lowest BCUT2D eigenvalue weighted by Gasteiger charge is -2.32. The molecule has 2 heteroatoms. The van der Waals surface area contributed by atoms with E-state index in [1.165, 1.54) is 11.1 Å². The number of carbonyl (C=O) groups is 1. The van der Waals surface area contributed by atoms with Crippen LogP contribution in [0.5, 0.6) is 0 Å². The molecule has 0 saturated heterocycles. The molecule has 0 spiro atoms. The third kappa shape index (κ3) is 2.71. The lowest BCUT2D eigenvalue weighted by molar-refractivity contribution is -0.119. The van der Waals surface area contributed by atoms with Gasteiger partial charge in [0.15, 0.2) is 0 Å². The lowest BCUT2D eigenvalue weighted by atomic mass is 9.99. The van der Waals surface area contributed by atoms with Gasteiger partial charge in [0.05, 0.1) is 0 Å². The van der Waals surface area contributed by atoms with Crippen molar-refractivity contribution in [2.24, 2.45) is 0 Å². The maximum atomic E-state index is 12.7. The van der Waals surface area contributed by atoms with Crippen molar-refractivity contribution in [2.75, 3.05) is 4.90 Å². The Bertz CT molecular complexity index is 646. The number of hydrogen-bond donors (Lipinski definition) is 0. The number of benzene rings is 2. The smallest absolute Gasteiger partial charge is 0.227 e. The summed E-state index contributed by atoms with van der Waals surface area (Å²) in [7, 11) is 0. The average Bonchev–Trinajstić information content (AvgIpc) is 2.75. The normalized spacial score (nSPS) is 15.8. The molecule has 0 bridgehead atoms. The van der Waals surface area contributed by atoms with Crippen LogP contribution in [0.2, 0.25) is 0 Å². The Hall–Kier alpha value is -2.09. The van der Waals surface area contributed by atoms with Crippen LogP contribution in [0.15, 0.2) is 54.6 Å². The van der Waals surface area contributed by atoms with Gasteiger partial charge in [-0.2, -0.15) is 0 Å². The zero-order chi connectivity index (χ0) is 14.9. The molecule has 2 aromatic rings. The summed E-state index contributed by atoms with van der Waals surface area (Å²) < 4.78 is 0. The Balaban J connectivity index is 1.77. The zero-order valence-electron chi connectivity index (χ0n) is 12.7. The minimum atomic E-state index is -0.128. The van der Waals surface area contributed by atoms with Crippen LogP contribution < -0.4 is 4.90 Å². The van der Waals surface area contributed by atoms with Gasteiger partial charge in [-0.3, -0.25) is 4.79 Å². The Morgan fingerprint density at radius 3 is 2.48 bits per heavy atom. The molecule has 0 atom stereocenters. The Labute approximate surface area is 126 Å². The SMILES string of the molecule is CC1(C)Cc2ccccc2N1C(=O)CCc1ccccc1. The molecule has 0 aromatic heterocycles. The summed E-state index contributed by atoms with van der Waals surface area (Å²) >= 11 is 0. The maximum Gasteiger partial charge on any atom is 0.227 e. The topological polar surface area (TPSA) is 20.3 Å². The van der Waals surface area contributed by atoms with E-state index in [4.69, 9.17) is 0 Å². The largest absolute Gasteiger partial charge is 0.306 e. The van der Waals surface area contributed by atoms with Crippen molar-refractivity contribution in [3.8, 4) is 0 Å². The van der Waals surface area contributed by atoms with E-state index in [0.29, 0.717) is 6.42 Å². The van der Waals surface area contributed by atoms with E-state index >= 15 is 0 Å². The van der Waals surface area contributed by atoms with Crippen molar-refractivity contribution < 1.29 is 4.79 Å². The quantitative estimate of drug-likeness (QED) is 0.832. The summed E-state index contributed by atoms with van der Waals surface area (Å²) in [6.45, 7) is 4.29. The van der Waals surface area contributed by atoms with Gasteiger partial charge in [0.2, 0.25) is 5.91 Å². The van der Waals surface area contributed by atoms with Gasteiger partial charge in [0.25, 0.3) is 0 Å². The summed E-state index contributed by atoms with van der Waals surface area (Å²) in [5, 5.41) is 0. The molecule has 0 saturated carbocycles. The molecule has 2 nitrogen and oxygen atoms in total. The molecule has 2 aromatic carbocycles. The molecular weight excluding hydrogens is 258 g/mol. The highest BCUT2D eigenvalue weighted by atomic mass is 16.2. The molecule has 21 heavy (non-hydrogen) atoms. The molecule has 1 aliphatic heterocycles. The number of hydrogen-bond acceptors (Lipinski definition) is 1. The first-order valence-corrected chi connectivity index (χ1v) is 7.53. The Morgan fingerprint density at radius 1 is 1.05 bits per heavy atom. The van der Waals surface area contributed by atoms with Crippen LogP contribution in [0.1, 0.15) is 31.4 Å². The van der Waals surface area contributed by atoms with Crippen LogP contribution in [-0.2, 0) is 17.6 Å². The number of para-hydroxylation sites is 1. The summed E-state index contributed by atoms with van der Waals surface area (Å²) in [6.07, 6.45) is 2.29. The van der Waals surface area contributed by atoms with Gasteiger partial charge in [0, 0.05) is 17.6 Å². The molecule has 0 aliphatic carbocycles. The zero-order valence-corrected chi connectivity index (χ0v) is 12.7. The first kappa shape index (κ1) is 13.9. The molecule has 0 N–H and O–H groups in total. The fraction of sp³-hybridized carbons (Fsp3) is 0.316. The van der Waals surface area contributed by atoms with E-state index < -0.39 is 0 Å². The third-order valence-electron chi connectivity index (χ3n) is 4.18. The number of fused-ring (bicyclic) bond motifs is 1. The minimum absolute atomic E-state index is 0.128. The number of nitrogens with zero attached hydrogens (tertiary/aromatic N) is 1. The molecule has 108 valence electrons. The van der Waals surface area contributed by atoms with E-state index in [9.17, 15) is 4.79 Å². The average molecular weight is 279 g/mol. The fourth-order valence-corrected chi connectivity index (χ4v) is 3.23. The summed E-state index contributed by atoms with van der Waals surface area (Å²) in [4.78, 5) is 14.7. The van der Waals surface area contributed by atoms with Gasteiger partial charge in [-0.15, -0.1) is 0 Å². The molecule has 0 fully saturated rings. The second-order valence-electron chi connectivity index (χ2n) is 6.33. The van der Waals surface area contributed by atoms with Gasteiger partial charge < -0.3 is 4.90 Å². The number of aryl methyl sites for hydroxylation is 1. The highest BCUT2D eigenvalue weighted by Crippen LogP contribution is 2.38. The minimum Gasteiger partial charge on any atom is -0.306 e. The maximum absolute atomic E-state index is 12.7. The fourth-order valence-electron chi connectivity index (χ4n) is 3.23. The van der Waals surface area contributed by atoms with Crippen LogP contribution in [0.3, 0.4) is 0 Å². The molecule has 3 rings (SSSR count). The summed E-state index contributed by atoms with van der Waals surface area (Å²) in [6, 6.07) is 18.5. The second-order valence-corrected chi connectivity index (χ2v) is 6.33. The molecule has 1 amide bonds. The van der Waals surface area contributed by atoms with Crippen LogP contribution in [-0.4, -0.2) is 11.4 Å². The molecule has 1 aliphatic rings. The van der Waals surface area contributed by atoms with Gasteiger partial charge in [-0.25, -0.2) is 0 Å². The molecule has 0 unspecified atom stereocenters. The van der Waals surface area contributed by atoms with Crippen LogP contribution in [0, 0.1) is 0 Å². The third-order valence-corrected chi connectivity index (χ3v) is 4.18. The predicted octanol–water partition coefficient (Wildman–Crippen LogP) is 3.99. The first-order valence-electron chi connectivity index (χ1n) is 7.53. The van der Waals surface area contributed by atoms with E-state index in [0.717, 1.165) is 18.5 Å². The number of carbonyl (C=O) groups excluding carboxylic acids is 1. The Kier molecular flexibility index (Phi) is 3.54. The van der Waals surface area contributed by atoms with Crippen molar-refractivity contribution >= 4 is 11.6 Å². The number of amides is 1. The van der Waals surface area contributed by atoms with Crippen molar-refractivity contribution in [3.05, 3.63) is 65.7 Å². The van der Waals surface area contributed by atoms with Crippen LogP contribution in [0.25, 0.3) is 0 Å². The number of rotatable bonds is 3. The highest BCUT2D eigenvalue weighted by molar-refractivity contribution is 5.97. The standard InChI is InChI=1S/C19H21NO/c1-19(2)14-16-10-6-7-11-17(16)20(19)18(21)13-12-15-8-4-3-5-9-15/h3-11H,12-14H2,1-2H3. The van der Waals surface area contributed by atoms with Crippen LogP contribution in [0.4, 0.5) is 5.69 Å². The lowest BCUT2D eigenvalue weighted by Crippen LogP contribution is -2.45. The number of anilines is 1. The molecular formula is C19H21NO. The van der Waals surface area contributed by atoms with Crippen molar-refractivity contribution in [3.63, 3.8) is 0 Å². The molecule has 0 radical (unpaired) electrons.